The van der Waals surface area contributed by atoms with Crippen molar-refractivity contribution < 1.29 is 14.3 Å². The standard InChI is InChI=1S/C13H16ClNO3/c1-2-18-13(17)7-8-15-12(16)9-10-5-3-4-6-11(10)14/h3-6H,2,7-9H2,1H3,(H,15,16). The van der Waals surface area contributed by atoms with Crippen molar-refractivity contribution in [2.24, 2.45) is 0 Å². The molecule has 1 amide bonds. The molecular formula is C13H16ClNO3. The van der Waals surface area contributed by atoms with Crippen LogP contribution in [0.4, 0.5) is 0 Å². The van der Waals surface area contributed by atoms with Crippen LogP contribution < -0.4 is 5.32 Å². The number of hydrogen-bond donors (Lipinski definition) is 1. The third-order valence-electron chi connectivity index (χ3n) is 2.27. The zero-order chi connectivity index (χ0) is 13.4. The maximum atomic E-state index is 11.6. The van der Waals surface area contributed by atoms with E-state index < -0.39 is 0 Å². The van der Waals surface area contributed by atoms with Crippen molar-refractivity contribution in [3.63, 3.8) is 0 Å². The summed E-state index contributed by atoms with van der Waals surface area (Å²) < 4.78 is 4.75. The molecule has 5 heteroatoms. The minimum Gasteiger partial charge on any atom is -0.466 e. The predicted molar refractivity (Wildman–Crippen MR) is 69.4 cm³/mol. The quantitative estimate of drug-likeness (QED) is 0.803. The molecule has 0 bridgehead atoms. The third-order valence-corrected chi connectivity index (χ3v) is 2.63. The number of halogens is 1. The summed E-state index contributed by atoms with van der Waals surface area (Å²) in [4.78, 5) is 22.6. The maximum Gasteiger partial charge on any atom is 0.307 e. The van der Waals surface area contributed by atoms with Gasteiger partial charge in [-0.15, -0.1) is 0 Å². The summed E-state index contributed by atoms with van der Waals surface area (Å²) in [5, 5.41) is 3.22. The Hall–Kier alpha value is -1.55. The summed E-state index contributed by atoms with van der Waals surface area (Å²) in [5.41, 5.74) is 0.771. The van der Waals surface area contributed by atoms with E-state index in [1.54, 1.807) is 19.1 Å². The molecule has 0 heterocycles. The van der Waals surface area contributed by atoms with Gasteiger partial charge in [0.15, 0.2) is 0 Å². The summed E-state index contributed by atoms with van der Waals surface area (Å²) in [6, 6.07) is 7.17. The number of hydrogen-bond acceptors (Lipinski definition) is 3. The number of esters is 1. The number of carbonyl (C=O) groups is 2. The molecule has 1 aromatic rings. The van der Waals surface area contributed by atoms with Gasteiger partial charge in [-0.2, -0.15) is 0 Å². The molecule has 0 unspecified atom stereocenters. The average molecular weight is 270 g/mol. The van der Waals surface area contributed by atoms with Crippen LogP contribution in [0.3, 0.4) is 0 Å². The van der Waals surface area contributed by atoms with E-state index in [1.165, 1.54) is 0 Å². The normalized spacial score (nSPS) is 9.89. The van der Waals surface area contributed by atoms with Crippen molar-refractivity contribution in [2.45, 2.75) is 19.8 Å². The molecular weight excluding hydrogens is 254 g/mol. The fraction of sp³-hybridized carbons (Fsp3) is 0.385. The van der Waals surface area contributed by atoms with E-state index in [1.807, 2.05) is 12.1 Å². The number of ether oxygens (including phenoxy) is 1. The fourth-order valence-corrected chi connectivity index (χ4v) is 1.62. The van der Waals surface area contributed by atoms with E-state index in [4.69, 9.17) is 16.3 Å². The molecule has 0 atom stereocenters. The molecule has 0 radical (unpaired) electrons. The second-order valence-corrected chi connectivity index (χ2v) is 4.08. The lowest BCUT2D eigenvalue weighted by Crippen LogP contribution is -2.28. The van der Waals surface area contributed by atoms with Gasteiger partial charge < -0.3 is 10.1 Å². The van der Waals surface area contributed by atoms with Gasteiger partial charge in [0.05, 0.1) is 19.4 Å². The molecule has 1 rings (SSSR count). The van der Waals surface area contributed by atoms with Crippen molar-refractivity contribution in [1.29, 1.82) is 0 Å². The Morgan fingerprint density at radius 3 is 2.72 bits per heavy atom. The van der Waals surface area contributed by atoms with Gasteiger partial charge in [-0.25, -0.2) is 0 Å². The minimum atomic E-state index is -0.310. The number of amides is 1. The van der Waals surface area contributed by atoms with Crippen LogP contribution in [-0.2, 0) is 20.7 Å². The Balaban J connectivity index is 2.30. The Morgan fingerprint density at radius 1 is 1.33 bits per heavy atom. The van der Waals surface area contributed by atoms with Crippen molar-refractivity contribution >= 4 is 23.5 Å². The second-order valence-electron chi connectivity index (χ2n) is 3.67. The number of carbonyl (C=O) groups excluding carboxylic acids is 2. The van der Waals surface area contributed by atoms with Gasteiger partial charge >= 0.3 is 5.97 Å². The Labute approximate surface area is 111 Å². The zero-order valence-corrected chi connectivity index (χ0v) is 11.0. The van der Waals surface area contributed by atoms with Gasteiger partial charge in [0.1, 0.15) is 0 Å². The summed E-state index contributed by atoms with van der Waals surface area (Å²) >= 11 is 5.94. The Bertz CT molecular complexity index is 420. The van der Waals surface area contributed by atoms with Crippen molar-refractivity contribution in [1.82, 2.24) is 5.32 Å². The van der Waals surface area contributed by atoms with Gasteiger partial charge in [0.2, 0.25) is 5.91 Å². The molecule has 0 aliphatic carbocycles. The molecule has 0 fully saturated rings. The van der Waals surface area contributed by atoms with Crippen LogP contribution in [0.25, 0.3) is 0 Å². The topological polar surface area (TPSA) is 55.4 Å². The fourth-order valence-electron chi connectivity index (χ4n) is 1.41. The molecule has 0 aromatic heterocycles. The molecule has 0 aliphatic heterocycles. The number of benzene rings is 1. The second kappa shape index (κ2) is 7.71. The highest BCUT2D eigenvalue weighted by atomic mass is 35.5. The van der Waals surface area contributed by atoms with Crippen molar-refractivity contribution in [3.8, 4) is 0 Å². The van der Waals surface area contributed by atoms with Crippen LogP contribution >= 0.6 is 11.6 Å². The van der Waals surface area contributed by atoms with Crippen molar-refractivity contribution in [2.75, 3.05) is 13.2 Å². The van der Waals surface area contributed by atoms with Crippen molar-refractivity contribution in [3.05, 3.63) is 34.9 Å². The monoisotopic (exact) mass is 269 g/mol. The number of rotatable bonds is 6. The van der Waals surface area contributed by atoms with Gasteiger partial charge in [-0.1, -0.05) is 29.8 Å². The molecule has 98 valence electrons. The zero-order valence-electron chi connectivity index (χ0n) is 10.2. The van der Waals surface area contributed by atoms with Crippen LogP contribution in [0.15, 0.2) is 24.3 Å². The predicted octanol–water partition coefficient (Wildman–Crippen LogP) is 1.95. The summed E-state index contributed by atoms with van der Waals surface area (Å²) in [7, 11) is 0. The Kier molecular flexibility index (Phi) is 6.22. The first-order valence-corrected chi connectivity index (χ1v) is 6.17. The van der Waals surface area contributed by atoms with Crippen LogP contribution in [0, 0.1) is 0 Å². The molecule has 0 spiro atoms. The lowest BCUT2D eigenvalue weighted by molar-refractivity contribution is -0.143. The van der Waals surface area contributed by atoms with E-state index in [2.05, 4.69) is 5.32 Å². The van der Waals surface area contributed by atoms with Gasteiger partial charge in [0.25, 0.3) is 0 Å². The van der Waals surface area contributed by atoms with Gasteiger partial charge in [-0.05, 0) is 18.6 Å². The van der Waals surface area contributed by atoms with E-state index in [9.17, 15) is 9.59 Å². The molecule has 0 saturated carbocycles. The summed E-state index contributed by atoms with van der Waals surface area (Å²) in [6.07, 6.45) is 0.393. The van der Waals surface area contributed by atoms with E-state index >= 15 is 0 Å². The Morgan fingerprint density at radius 2 is 2.06 bits per heavy atom. The third kappa shape index (κ3) is 5.19. The average Bonchev–Trinajstić information content (AvgIpc) is 2.32. The number of nitrogens with one attached hydrogen (secondary N) is 1. The maximum absolute atomic E-state index is 11.6. The molecule has 4 nitrogen and oxygen atoms in total. The first kappa shape index (κ1) is 14.5. The van der Waals surface area contributed by atoms with Gasteiger partial charge in [-0.3, -0.25) is 9.59 Å². The summed E-state index contributed by atoms with van der Waals surface area (Å²) in [5.74, 6) is -0.469. The van der Waals surface area contributed by atoms with Crippen LogP contribution in [0.5, 0.6) is 0 Å². The van der Waals surface area contributed by atoms with E-state index in [0.29, 0.717) is 11.6 Å². The largest absolute Gasteiger partial charge is 0.466 e. The van der Waals surface area contributed by atoms with Crippen LogP contribution in [0.2, 0.25) is 5.02 Å². The van der Waals surface area contributed by atoms with Gasteiger partial charge in [0, 0.05) is 11.6 Å². The highest BCUT2D eigenvalue weighted by molar-refractivity contribution is 6.31. The smallest absolute Gasteiger partial charge is 0.307 e. The lowest BCUT2D eigenvalue weighted by Gasteiger charge is -2.06. The molecule has 0 saturated heterocycles. The molecule has 0 aliphatic rings. The highest BCUT2D eigenvalue weighted by Gasteiger charge is 2.07. The first-order chi connectivity index (χ1) is 8.63. The SMILES string of the molecule is CCOC(=O)CCNC(=O)Cc1ccccc1Cl. The van der Waals surface area contributed by atoms with Crippen LogP contribution in [-0.4, -0.2) is 25.0 Å². The minimum absolute atomic E-state index is 0.160. The van der Waals surface area contributed by atoms with E-state index in [0.717, 1.165) is 5.56 Å². The highest BCUT2D eigenvalue weighted by Crippen LogP contribution is 2.15. The lowest BCUT2D eigenvalue weighted by atomic mass is 10.1. The summed E-state index contributed by atoms with van der Waals surface area (Å²) in [6.45, 7) is 2.38. The van der Waals surface area contributed by atoms with E-state index in [-0.39, 0.29) is 31.3 Å². The molecule has 1 aromatic carbocycles. The molecule has 1 N–H and O–H groups in total. The first-order valence-electron chi connectivity index (χ1n) is 5.79. The molecule has 18 heavy (non-hydrogen) atoms. The van der Waals surface area contributed by atoms with Crippen LogP contribution in [0.1, 0.15) is 18.9 Å².